The van der Waals surface area contributed by atoms with Crippen LogP contribution >= 0.6 is 25.3 Å². The third-order valence-corrected chi connectivity index (χ3v) is 2.83. The van der Waals surface area contributed by atoms with Crippen molar-refractivity contribution >= 4 is 37.2 Å². The highest BCUT2D eigenvalue weighted by Crippen LogP contribution is 2.11. The SMILES string of the molecule is CCC(O)(CC)CO.CCOCC.O=C(O)CS.O=C(O)CS. The third kappa shape index (κ3) is 38.9. The van der Waals surface area contributed by atoms with Gasteiger partial charge in [0.05, 0.1) is 23.7 Å². The molecule has 0 aliphatic rings. The minimum atomic E-state index is -0.881. The van der Waals surface area contributed by atoms with Crippen molar-refractivity contribution in [2.24, 2.45) is 0 Å². The molecule has 0 aliphatic carbocycles. The van der Waals surface area contributed by atoms with Gasteiger partial charge in [0.25, 0.3) is 0 Å². The van der Waals surface area contributed by atoms with E-state index >= 15 is 0 Å². The van der Waals surface area contributed by atoms with Crippen LogP contribution in [0.2, 0.25) is 0 Å². The van der Waals surface area contributed by atoms with Crippen LogP contribution in [0.15, 0.2) is 0 Å². The van der Waals surface area contributed by atoms with Gasteiger partial charge in [0, 0.05) is 13.2 Å². The summed E-state index contributed by atoms with van der Waals surface area (Å²) in [5, 5.41) is 33.0. The molecule has 0 aromatic heterocycles. The van der Waals surface area contributed by atoms with E-state index in [2.05, 4.69) is 25.3 Å². The Morgan fingerprint density at radius 1 is 0.913 bits per heavy atom. The maximum absolute atomic E-state index is 9.29. The Hall–Kier alpha value is -0.480. The van der Waals surface area contributed by atoms with Gasteiger partial charge in [0.1, 0.15) is 0 Å². The van der Waals surface area contributed by atoms with Crippen molar-refractivity contribution in [2.45, 2.75) is 46.1 Å². The van der Waals surface area contributed by atoms with Crippen molar-refractivity contribution in [3.63, 3.8) is 0 Å². The molecule has 0 saturated heterocycles. The number of ether oxygens (including phenoxy) is 1. The lowest BCUT2D eigenvalue weighted by Gasteiger charge is -2.21. The van der Waals surface area contributed by atoms with E-state index in [1.165, 1.54) is 0 Å². The first-order chi connectivity index (χ1) is 10.6. The van der Waals surface area contributed by atoms with Crippen molar-refractivity contribution in [1.82, 2.24) is 0 Å². The minimum absolute atomic E-state index is 0.0833. The summed E-state index contributed by atoms with van der Waals surface area (Å²) in [5.74, 6) is -1.93. The smallest absolute Gasteiger partial charge is 0.313 e. The van der Waals surface area contributed by atoms with Gasteiger partial charge in [-0.2, -0.15) is 25.3 Å². The van der Waals surface area contributed by atoms with E-state index in [-0.39, 0.29) is 18.1 Å². The van der Waals surface area contributed by atoms with Crippen molar-refractivity contribution in [2.75, 3.05) is 31.3 Å². The van der Waals surface area contributed by atoms with Gasteiger partial charge in [-0.1, -0.05) is 13.8 Å². The zero-order valence-electron chi connectivity index (χ0n) is 14.4. The predicted octanol–water partition coefficient (Wildman–Crippen LogP) is 1.57. The zero-order chi connectivity index (χ0) is 19.3. The van der Waals surface area contributed by atoms with Gasteiger partial charge < -0.3 is 25.2 Å². The standard InChI is InChI=1S/C6H14O2.C4H10O.2C2H4O2S/c1-3-6(8,4-2)5-7;1-3-5-4-2;2*3-2(4)1-5/h7-8H,3-5H2,1-2H3;3-4H2,1-2H3;2*5H,1H2,(H,3,4). The Morgan fingerprint density at radius 3 is 1.17 bits per heavy atom. The highest BCUT2D eigenvalue weighted by atomic mass is 32.1. The van der Waals surface area contributed by atoms with Crippen LogP contribution in [0.3, 0.4) is 0 Å². The summed E-state index contributed by atoms with van der Waals surface area (Å²) < 4.78 is 4.83. The Morgan fingerprint density at radius 2 is 1.17 bits per heavy atom. The fourth-order valence-electron chi connectivity index (χ4n) is 0.678. The molecule has 0 radical (unpaired) electrons. The lowest BCUT2D eigenvalue weighted by Crippen LogP contribution is -2.30. The first-order valence-corrected chi connectivity index (χ1v) is 8.47. The summed E-state index contributed by atoms with van der Waals surface area (Å²) in [6, 6.07) is 0. The second-order valence-electron chi connectivity index (χ2n) is 3.97. The molecular formula is C14H32O7S2. The molecule has 0 atom stereocenters. The second kappa shape index (κ2) is 23.8. The van der Waals surface area contributed by atoms with Gasteiger partial charge >= 0.3 is 11.9 Å². The molecule has 0 aromatic carbocycles. The minimum Gasteiger partial charge on any atom is -0.481 e. The van der Waals surface area contributed by atoms with Crippen LogP contribution in [0.1, 0.15) is 40.5 Å². The van der Waals surface area contributed by atoms with Crippen LogP contribution in [-0.2, 0) is 14.3 Å². The summed E-state index contributed by atoms with van der Waals surface area (Å²) in [6.07, 6.45) is 1.25. The molecule has 142 valence electrons. The molecule has 0 unspecified atom stereocenters. The number of aliphatic carboxylic acids is 2. The van der Waals surface area contributed by atoms with Crippen molar-refractivity contribution in [1.29, 1.82) is 0 Å². The average Bonchev–Trinajstić information content (AvgIpc) is 2.56. The number of carboxylic acids is 2. The Kier molecular flexibility index (Phi) is 31.4. The fraction of sp³-hybridized carbons (Fsp3) is 0.857. The molecule has 0 rings (SSSR count). The molecule has 0 heterocycles. The lowest BCUT2D eigenvalue weighted by atomic mass is 9.99. The van der Waals surface area contributed by atoms with Crippen molar-refractivity contribution < 1.29 is 34.8 Å². The average molecular weight is 377 g/mol. The number of hydrogen-bond donors (Lipinski definition) is 6. The predicted molar refractivity (Wildman–Crippen MR) is 97.8 cm³/mol. The number of aliphatic hydroxyl groups is 2. The Balaban J connectivity index is -0.000000108. The van der Waals surface area contributed by atoms with Gasteiger partial charge in [-0.15, -0.1) is 0 Å². The van der Waals surface area contributed by atoms with E-state index in [0.717, 1.165) is 13.2 Å². The van der Waals surface area contributed by atoms with E-state index in [0.29, 0.717) is 12.8 Å². The Bertz CT molecular complexity index is 235. The van der Waals surface area contributed by atoms with Crippen LogP contribution < -0.4 is 0 Å². The fourth-order valence-corrected chi connectivity index (χ4v) is 0.678. The van der Waals surface area contributed by atoms with E-state index in [1.54, 1.807) is 0 Å². The van der Waals surface area contributed by atoms with Crippen LogP contribution in [0.25, 0.3) is 0 Å². The molecule has 4 N–H and O–H groups in total. The summed E-state index contributed by atoms with van der Waals surface area (Å²) in [7, 11) is 0. The monoisotopic (exact) mass is 376 g/mol. The van der Waals surface area contributed by atoms with Gasteiger partial charge in [0.2, 0.25) is 0 Å². The number of hydrogen-bond acceptors (Lipinski definition) is 7. The molecule has 0 saturated carbocycles. The van der Waals surface area contributed by atoms with Gasteiger partial charge in [-0.3, -0.25) is 9.59 Å². The largest absolute Gasteiger partial charge is 0.481 e. The van der Waals surface area contributed by atoms with Crippen LogP contribution in [0.5, 0.6) is 0 Å². The molecular weight excluding hydrogens is 344 g/mol. The molecule has 0 aromatic rings. The summed E-state index contributed by atoms with van der Waals surface area (Å²) in [4.78, 5) is 18.6. The quantitative estimate of drug-likeness (QED) is 0.373. The van der Waals surface area contributed by atoms with Gasteiger partial charge in [0.15, 0.2) is 0 Å². The first kappa shape index (κ1) is 30.4. The molecule has 7 nitrogen and oxygen atoms in total. The summed E-state index contributed by atoms with van der Waals surface area (Å²) in [6.45, 7) is 9.26. The number of carbonyl (C=O) groups is 2. The van der Waals surface area contributed by atoms with Crippen LogP contribution in [0, 0.1) is 0 Å². The van der Waals surface area contributed by atoms with Crippen molar-refractivity contribution in [3.8, 4) is 0 Å². The van der Waals surface area contributed by atoms with Crippen LogP contribution in [0.4, 0.5) is 0 Å². The summed E-state index contributed by atoms with van der Waals surface area (Å²) in [5.41, 5.74) is -0.819. The second-order valence-corrected chi connectivity index (χ2v) is 4.61. The molecule has 0 bridgehead atoms. The van der Waals surface area contributed by atoms with E-state index in [9.17, 15) is 14.7 Å². The van der Waals surface area contributed by atoms with Crippen LogP contribution in [-0.4, -0.2) is 69.3 Å². The number of aliphatic hydroxyl groups excluding tert-OH is 1. The van der Waals surface area contributed by atoms with E-state index < -0.39 is 17.5 Å². The molecule has 0 fully saturated rings. The molecule has 23 heavy (non-hydrogen) atoms. The zero-order valence-corrected chi connectivity index (χ0v) is 16.1. The molecule has 0 amide bonds. The molecule has 0 spiro atoms. The normalized spacial score (nSPS) is 9.22. The lowest BCUT2D eigenvalue weighted by molar-refractivity contribution is -0.134. The Labute approximate surface area is 149 Å². The molecule has 0 aliphatic heterocycles. The molecule has 9 heteroatoms. The summed E-state index contributed by atoms with van der Waals surface area (Å²) >= 11 is 6.83. The van der Waals surface area contributed by atoms with E-state index in [4.69, 9.17) is 20.1 Å². The first-order valence-electron chi connectivity index (χ1n) is 7.20. The maximum atomic E-state index is 9.29. The van der Waals surface area contributed by atoms with Crippen molar-refractivity contribution in [3.05, 3.63) is 0 Å². The highest BCUT2D eigenvalue weighted by molar-refractivity contribution is 7.81. The number of rotatable bonds is 7. The third-order valence-electron chi connectivity index (χ3n) is 2.29. The number of thiol groups is 2. The number of carboxylic acid groups (broad SMARTS) is 2. The highest BCUT2D eigenvalue weighted by Gasteiger charge is 2.19. The van der Waals surface area contributed by atoms with Gasteiger partial charge in [-0.25, -0.2) is 0 Å². The topological polar surface area (TPSA) is 124 Å². The van der Waals surface area contributed by atoms with E-state index in [1.807, 2.05) is 27.7 Å². The van der Waals surface area contributed by atoms with Gasteiger partial charge in [-0.05, 0) is 26.7 Å². The maximum Gasteiger partial charge on any atom is 0.313 e.